The topological polar surface area (TPSA) is 3.24 Å². The molecule has 0 unspecified atom stereocenters. The van der Waals surface area contributed by atoms with Crippen molar-refractivity contribution in [2.75, 3.05) is 11.9 Å². The monoisotopic (exact) mass is 511 g/mol. The number of hydrogen-bond acceptors (Lipinski definition) is 1. The van der Waals surface area contributed by atoms with Crippen LogP contribution in [0, 0.1) is 0 Å². The van der Waals surface area contributed by atoms with Gasteiger partial charge in [-0.2, -0.15) is 0 Å². The van der Waals surface area contributed by atoms with Crippen molar-refractivity contribution in [3.05, 3.63) is 158 Å². The Morgan fingerprint density at radius 1 is 0.325 bits per heavy atom. The van der Waals surface area contributed by atoms with Gasteiger partial charge in [0.15, 0.2) is 0 Å². The number of benzene rings is 7. The zero-order valence-corrected chi connectivity index (χ0v) is 22.5. The molecule has 7 rings (SSSR count). The second kappa shape index (κ2) is 10.2. The Morgan fingerprint density at radius 3 is 1.32 bits per heavy atom. The van der Waals surface area contributed by atoms with Gasteiger partial charge < -0.3 is 4.90 Å². The van der Waals surface area contributed by atoms with Crippen LogP contribution < -0.4 is 4.90 Å². The minimum Gasteiger partial charge on any atom is -0.345 e. The SMILES string of the molecule is CN(c1ccc(-c2cccc3ccccc23)cc1)c1ccc(-c2ccc(-c3ccccc3)c3ccccc23)cc1. The van der Waals surface area contributed by atoms with Gasteiger partial charge in [-0.1, -0.05) is 133 Å². The lowest BCUT2D eigenvalue weighted by atomic mass is 9.92. The van der Waals surface area contributed by atoms with Gasteiger partial charge in [0, 0.05) is 18.4 Å². The van der Waals surface area contributed by atoms with Gasteiger partial charge in [-0.15, -0.1) is 0 Å². The fourth-order valence-corrected chi connectivity index (χ4v) is 5.78. The second-order valence-electron chi connectivity index (χ2n) is 10.3. The smallest absolute Gasteiger partial charge is 0.0408 e. The summed E-state index contributed by atoms with van der Waals surface area (Å²) in [4.78, 5) is 2.24. The van der Waals surface area contributed by atoms with Crippen molar-refractivity contribution in [2.45, 2.75) is 0 Å². The van der Waals surface area contributed by atoms with Crippen LogP contribution in [-0.2, 0) is 0 Å². The lowest BCUT2D eigenvalue weighted by Gasteiger charge is -2.21. The van der Waals surface area contributed by atoms with Crippen LogP contribution >= 0.6 is 0 Å². The molecule has 0 bridgehead atoms. The van der Waals surface area contributed by atoms with Crippen LogP contribution in [0.1, 0.15) is 0 Å². The average Bonchev–Trinajstić information content (AvgIpc) is 3.04. The number of anilines is 2. The number of hydrogen-bond donors (Lipinski definition) is 0. The molecule has 7 aromatic rings. The summed E-state index contributed by atoms with van der Waals surface area (Å²) < 4.78 is 0. The molecule has 0 aliphatic carbocycles. The highest BCUT2D eigenvalue weighted by Crippen LogP contribution is 2.37. The van der Waals surface area contributed by atoms with Crippen LogP contribution in [0.5, 0.6) is 0 Å². The van der Waals surface area contributed by atoms with Crippen molar-refractivity contribution in [1.82, 2.24) is 0 Å². The molecular weight excluding hydrogens is 482 g/mol. The first kappa shape index (κ1) is 23.9. The predicted molar refractivity (Wildman–Crippen MR) is 172 cm³/mol. The van der Waals surface area contributed by atoms with E-state index in [1.807, 2.05) is 0 Å². The van der Waals surface area contributed by atoms with E-state index in [9.17, 15) is 0 Å². The summed E-state index contributed by atoms with van der Waals surface area (Å²) in [7, 11) is 2.13. The summed E-state index contributed by atoms with van der Waals surface area (Å²) in [6, 6.07) is 56.7. The van der Waals surface area contributed by atoms with Crippen LogP contribution in [0.15, 0.2) is 158 Å². The van der Waals surface area contributed by atoms with Crippen molar-refractivity contribution < 1.29 is 0 Å². The molecular formula is C39H29N. The molecule has 0 radical (unpaired) electrons. The van der Waals surface area contributed by atoms with E-state index in [1.165, 1.54) is 54.9 Å². The molecule has 190 valence electrons. The molecule has 1 nitrogen and oxygen atoms in total. The third kappa shape index (κ3) is 4.32. The van der Waals surface area contributed by atoms with E-state index in [0.717, 1.165) is 11.4 Å². The highest BCUT2D eigenvalue weighted by atomic mass is 15.1. The third-order valence-corrected chi connectivity index (χ3v) is 7.93. The van der Waals surface area contributed by atoms with Crippen molar-refractivity contribution in [2.24, 2.45) is 0 Å². The maximum atomic E-state index is 2.26. The number of nitrogens with zero attached hydrogens (tertiary/aromatic N) is 1. The minimum atomic E-state index is 1.16. The zero-order chi connectivity index (χ0) is 26.9. The van der Waals surface area contributed by atoms with Gasteiger partial charge in [0.2, 0.25) is 0 Å². The van der Waals surface area contributed by atoms with Crippen molar-refractivity contribution in [3.8, 4) is 33.4 Å². The molecule has 7 aromatic carbocycles. The molecule has 0 aromatic heterocycles. The zero-order valence-electron chi connectivity index (χ0n) is 22.5. The Hall–Kier alpha value is -5.14. The maximum Gasteiger partial charge on any atom is 0.0408 e. The van der Waals surface area contributed by atoms with E-state index in [0.29, 0.717) is 0 Å². The highest BCUT2D eigenvalue weighted by Gasteiger charge is 2.11. The van der Waals surface area contributed by atoms with E-state index in [2.05, 4.69) is 170 Å². The molecule has 0 saturated carbocycles. The lowest BCUT2D eigenvalue weighted by Crippen LogP contribution is -2.09. The molecule has 0 atom stereocenters. The Labute approximate surface area is 235 Å². The quantitative estimate of drug-likeness (QED) is 0.222. The molecule has 1 heteroatoms. The van der Waals surface area contributed by atoms with Crippen LogP contribution in [0.25, 0.3) is 54.9 Å². The van der Waals surface area contributed by atoms with Crippen molar-refractivity contribution in [3.63, 3.8) is 0 Å². The first-order chi connectivity index (χ1) is 19.8. The van der Waals surface area contributed by atoms with Gasteiger partial charge in [-0.3, -0.25) is 0 Å². The normalized spacial score (nSPS) is 11.1. The molecule has 0 aliphatic rings. The fourth-order valence-electron chi connectivity index (χ4n) is 5.78. The Kier molecular flexibility index (Phi) is 6.11. The highest BCUT2D eigenvalue weighted by molar-refractivity contribution is 6.05. The lowest BCUT2D eigenvalue weighted by molar-refractivity contribution is 1.21. The summed E-state index contributed by atoms with van der Waals surface area (Å²) in [5, 5.41) is 5.10. The molecule has 0 N–H and O–H groups in total. The molecule has 0 amide bonds. The number of rotatable bonds is 5. The van der Waals surface area contributed by atoms with Gasteiger partial charge in [-0.25, -0.2) is 0 Å². The molecule has 0 saturated heterocycles. The van der Waals surface area contributed by atoms with E-state index < -0.39 is 0 Å². The van der Waals surface area contributed by atoms with E-state index in [-0.39, 0.29) is 0 Å². The molecule has 0 fully saturated rings. The molecule has 0 aliphatic heterocycles. The summed E-state index contributed by atoms with van der Waals surface area (Å²) >= 11 is 0. The van der Waals surface area contributed by atoms with Crippen molar-refractivity contribution in [1.29, 1.82) is 0 Å². The van der Waals surface area contributed by atoms with Crippen LogP contribution in [0.4, 0.5) is 11.4 Å². The second-order valence-corrected chi connectivity index (χ2v) is 10.3. The Bertz CT molecular complexity index is 1930. The Balaban J connectivity index is 1.18. The maximum absolute atomic E-state index is 2.26. The molecule has 40 heavy (non-hydrogen) atoms. The molecule has 0 heterocycles. The van der Waals surface area contributed by atoms with E-state index in [1.54, 1.807) is 0 Å². The first-order valence-electron chi connectivity index (χ1n) is 13.8. The van der Waals surface area contributed by atoms with Gasteiger partial charge in [0.1, 0.15) is 0 Å². The van der Waals surface area contributed by atoms with Gasteiger partial charge >= 0.3 is 0 Å². The fraction of sp³-hybridized carbons (Fsp3) is 0.0256. The van der Waals surface area contributed by atoms with Crippen molar-refractivity contribution >= 4 is 32.9 Å². The predicted octanol–water partition coefficient (Wildman–Crippen LogP) is 10.8. The summed E-state index contributed by atoms with van der Waals surface area (Å²) in [5.41, 5.74) is 9.80. The first-order valence-corrected chi connectivity index (χ1v) is 13.8. The van der Waals surface area contributed by atoms with E-state index in [4.69, 9.17) is 0 Å². The summed E-state index contributed by atoms with van der Waals surface area (Å²) in [6.45, 7) is 0. The largest absolute Gasteiger partial charge is 0.345 e. The van der Waals surface area contributed by atoms with Crippen LogP contribution in [0.2, 0.25) is 0 Å². The third-order valence-electron chi connectivity index (χ3n) is 7.93. The number of fused-ring (bicyclic) bond motifs is 2. The van der Waals surface area contributed by atoms with Gasteiger partial charge in [0.25, 0.3) is 0 Å². The van der Waals surface area contributed by atoms with Crippen LogP contribution in [0.3, 0.4) is 0 Å². The van der Waals surface area contributed by atoms with Gasteiger partial charge in [0.05, 0.1) is 0 Å². The van der Waals surface area contributed by atoms with Crippen LogP contribution in [-0.4, -0.2) is 7.05 Å². The Morgan fingerprint density at radius 2 is 0.750 bits per heavy atom. The average molecular weight is 512 g/mol. The van der Waals surface area contributed by atoms with E-state index >= 15 is 0 Å². The summed E-state index contributed by atoms with van der Waals surface area (Å²) in [6.07, 6.45) is 0. The minimum absolute atomic E-state index is 1.16. The standard InChI is InChI=1S/C39H29N/c1-40(32-22-18-30(19-23-32)35-17-9-13-29-12-5-6-14-34(29)35)33-24-20-31(21-25-33)37-27-26-36(28-10-3-2-4-11-28)38-15-7-8-16-39(37)38/h2-27H,1H3. The van der Waals surface area contributed by atoms with Gasteiger partial charge in [-0.05, 0) is 79.2 Å². The summed E-state index contributed by atoms with van der Waals surface area (Å²) in [5.74, 6) is 0. The molecule has 0 spiro atoms.